The van der Waals surface area contributed by atoms with Crippen molar-refractivity contribution in [3.05, 3.63) is 10.0 Å². The molecular formula is C6H3F5N2O2S. The Morgan fingerprint density at radius 3 is 2.19 bits per heavy atom. The third kappa shape index (κ3) is 2.62. The molecule has 90 valence electrons. The van der Waals surface area contributed by atoms with Crippen LogP contribution >= 0.6 is 11.3 Å². The number of ether oxygens (including phenoxy) is 1. The first-order chi connectivity index (χ1) is 7.13. The lowest BCUT2D eigenvalue weighted by molar-refractivity contribution is -0.370. The molecule has 0 amide bonds. The molecule has 0 bridgehead atoms. The van der Waals surface area contributed by atoms with E-state index in [-0.39, 0.29) is 5.01 Å². The summed E-state index contributed by atoms with van der Waals surface area (Å²) in [5.74, 6) is -1.87. The second-order valence-corrected chi connectivity index (χ2v) is 3.71. The van der Waals surface area contributed by atoms with Gasteiger partial charge in [-0.15, -0.1) is 10.2 Å². The standard InChI is InChI=1S/C6H3F5N2O2S/c1-2-12-13-3(16-2)4(14)15-6(10,11)5(7,8)9/h1H3. The van der Waals surface area contributed by atoms with Crippen LogP contribution in [0, 0.1) is 6.92 Å². The van der Waals surface area contributed by atoms with Gasteiger partial charge in [0, 0.05) is 0 Å². The number of hydrogen-bond donors (Lipinski definition) is 0. The Balaban J connectivity index is 2.79. The van der Waals surface area contributed by atoms with Crippen LogP contribution < -0.4 is 0 Å². The normalized spacial score (nSPS) is 12.6. The maximum Gasteiger partial charge on any atom is 0.501 e. The summed E-state index contributed by atoms with van der Waals surface area (Å²) in [5.41, 5.74) is 0. The van der Waals surface area contributed by atoms with Crippen LogP contribution in [0.1, 0.15) is 14.8 Å². The fourth-order valence-electron chi connectivity index (χ4n) is 0.597. The number of esters is 1. The van der Waals surface area contributed by atoms with E-state index in [1.807, 2.05) is 0 Å². The van der Waals surface area contributed by atoms with Crippen molar-refractivity contribution < 1.29 is 31.5 Å². The zero-order valence-corrected chi connectivity index (χ0v) is 8.33. The molecule has 0 spiro atoms. The van der Waals surface area contributed by atoms with E-state index in [0.29, 0.717) is 11.3 Å². The van der Waals surface area contributed by atoms with E-state index in [2.05, 4.69) is 14.9 Å². The molecule has 0 aliphatic carbocycles. The van der Waals surface area contributed by atoms with Gasteiger partial charge in [0.25, 0.3) is 0 Å². The minimum absolute atomic E-state index is 0.238. The first kappa shape index (κ1) is 12.7. The number of nitrogens with zero attached hydrogens (tertiary/aromatic N) is 2. The Bertz CT molecular complexity index is 402. The number of carbonyl (C=O) groups excluding carboxylic acids is 1. The summed E-state index contributed by atoms with van der Waals surface area (Å²) in [6.07, 6.45) is -11.5. The molecule has 1 aromatic heterocycles. The minimum atomic E-state index is -5.96. The summed E-state index contributed by atoms with van der Waals surface area (Å²) in [4.78, 5) is 10.8. The van der Waals surface area contributed by atoms with E-state index in [9.17, 15) is 26.7 Å². The van der Waals surface area contributed by atoms with Crippen LogP contribution in [0.2, 0.25) is 0 Å². The zero-order valence-electron chi connectivity index (χ0n) is 7.51. The first-order valence-corrected chi connectivity index (χ1v) is 4.43. The van der Waals surface area contributed by atoms with Crippen LogP contribution in [0.4, 0.5) is 22.0 Å². The Hall–Kier alpha value is -1.32. The molecule has 1 aromatic rings. The number of alkyl halides is 5. The number of halogens is 5. The van der Waals surface area contributed by atoms with Crippen molar-refractivity contribution in [2.45, 2.75) is 19.2 Å². The average molecular weight is 262 g/mol. The monoisotopic (exact) mass is 262 g/mol. The van der Waals surface area contributed by atoms with Crippen molar-refractivity contribution in [2.24, 2.45) is 0 Å². The lowest BCUT2D eigenvalue weighted by atomic mass is 10.6. The Morgan fingerprint density at radius 2 is 1.81 bits per heavy atom. The van der Waals surface area contributed by atoms with Crippen LogP contribution in [-0.2, 0) is 4.74 Å². The fraction of sp³-hybridized carbons (Fsp3) is 0.500. The molecule has 1 heterocycles. The predicted molar refractivity (Wildman–Crippen MR) is 41.1 cm³/mol. The molecule has 16 heavy (non-hydrogen) atoms. The topological polar surface area (TPSA) is 52.1 Å². The van der Waals surface area contributed by atoms with E-state index < -0.39 is 23.3 Å². The molecule has 10 heteroatoms. The molecule has 0 unspecified atom stereocenters. The minimum Gasteiger partial charge on any atom is -0.388 e. The molecule has 4 nitrogen and oxygen atoms in total. The van der Waals surface area contributed by atoms with Gasteiger partial charge in [-0.25, -0.2) is 4.79 Å². The summed E-state index contributed by atoms with van der Waals surface area (Å²) in [6, 6.07) is 0. The van der Waals surface area contributed by atoms with Crippen LogP contribution in [0.25, 0.3) is 0 Å². The summed E-state index contributed by atoms with van der Waals surface area (Å²) in [6.45, 7) is 1.40. The van der Waals surface area contributed by atoms with Gasteiger partial charge < -0.3 is 4.74 Å². The van der Waals surface area contributed by atoms with Gasteiger partial charge >= 0.3 is 18.3 Å². The van der Waals surface area contributed by atoms with E-state index in [0.717, 1.165) is 0 Å². The maximum atomic E-state index is 12.3. The SMILES string of the molecule is Cc1nnc(C(=O)OC(F)(F)C(F)(F)F)s1. The van der Waals surface area contributed by atoms with Gasteiger partial charge in [0.2, 0.25) is 5.01 Å². The molecule has 0 fully saturated rings. The third-order valence-corrected chi connectivity index (χ3v) is 2.07. The second kappa shape index (κ2) is 3.92. The van der Waals surface area contributed by atoms with Crippen molar-refractivity contribution in [2.75, 3.05) is 0 Å². The van der Waals surface area contributed by atoms with Gasteiger partial charge in [-0.2, -0.15) is 22.0 Å². The Kier molecular flexibility index (Phi) is 3.13. The van der Waals surface area contributed by atoms with Crippen LogP contribution in [-0.4, -0.2) is 28.5 Å². The summed E-state index contributed by atoms with van der Waals surface area (Å²) in [5, 5.41) is 5.92. The number of hydrogen-bond acceptors (Lipinski definition) is 5. The van der Waals surface area contributed by atoms with Crippen LogP contribution in [0.15, 0.2) is 0 Å². The van der Waals surface area contributed by atoms with Gasteiger partial charge in [-0.1, -0.05) is 11.3 Å². The van der Waals surface area contributed by atoms with Crippen LogP contribution in [0.5, 0.6) is 0 Å². The quantitative estimate of drug-likeness (QED) is 0.605. The smallest absolute Gasteiger partial charge is 0.388 e. The Morgan fingerprint density at radius 1 is 1.25 bits per heavy atom. The highest BCUT2D eigenvalue weighted by atomic mass is 32.1. The molecule has 0 saturated carbocycles. The highest BCUT2D eigenvalue weighted by molar-refractivity contribution is 7.13. The van der Waals surface area contributed by atoms with Crippen molar-refractivity contribution in [1.29, 1.82) is 0 Å². The molecule has 0 N–H and O–H groups in total. The number of rotatable bonds is 2. The van der Waals surface area contributed by atoms with Gasteiger partial charge in [0.1, 0.15) is 5.01 Å². The third-order valence-electron chi connectivity index (χ3n) is 1.25. The predicted octanol–water partition coefficient (Wildman–Crippen LogP) is 2.16. The molecular weight excluding hydrogens is 259 g/mol. The van der Waals surface area contributed by atoms with Crippen molar-refractivity contribution >= 4 is 17.3 Å². The van der Waals surface area contributed by atoms with Gasteiger partial charge in [-0.3, -0.25) is 0 Å². The van der Waals surface area contributed by atoms with E-state index in [4.69, 9.17) is 0 Å². The summed E-state index contributed by atoms with van der Waals surface area (Å²) < 4.78 is 62.5. The van der Waals surface area contributed by atoms with Gasteiger partial charge in [-0.05, 0) is 6.92 Å². The molecule has 0 aliphatic heterocycles. The number of aryl methyl sites for hydroxylation is 1. The van der Waals surface area contributed by atoms with Crippen LogP contribution in [0.3, 0.4) is 0 Å². The van der Waals surface area contributed by atoms with E-state index in [1.165, 1.54) is 6.92 Å². The first-order valence-electron chi connectivity index (χ1n) is 3.61. The summed E-state index contributed by atoms with van der Waals surface area (Å²) in [7, 11) is 0. The fourth-order valence-corrected chi connectivity index (χ4v) is 1.17. The van der Waals surface area contributed by atoms with Crippen molar-refractivity contribution in [3.63, 3.8) is 0 Å². The molecule has 1 rings (SSSR count). The van der Waals surface area contributed by atoms with Gasteiger partial charge in [0.15, 0.2) is 0 Å². The lowest BCUT2D eigenvalue weighted by Crippen LogP contribution is -2.40. The molecule has 0 radical (unpaired) electrons. The van der Waals surface area contributed by atoms with Gasteiger partial charge in [0.05, 0.1) is 0 Å². The number of aromatic nitrogens is 2. The lowest BCUT2D eigenvalue weighted by Gasteiger charge is -2.17. The van der Waals surface area contributed by atoms with E-state index in [1.54, 1.807) is 0 Å². The maximum absolute atomic E-state index is 12.3. The molecule has 0 aliphatic rings. The van der Waals surface area contributed by atoms with Crippen molar-refractivity contribution in [3.8, 4) is 0 Å². The highest BCUT2D eigenvalue weighted by Gasteiger charge is 2.62. The zero-order chi connectivity index (χ0) is 12.6. The Labute approximate surface area is 89.0 Å². The second-order valence-electron chi connectivity index (χ2n) is 2.53. The average Bonchev–Trinajstić information content (AvgIpc) is 2.48. The molecule has 0 aromatic carbocycles. The largest absolute Gasteiger partial charge is 0.501 e. The molecule has 0 saturated heterocycles. The van der Waals surface area contributed by atoms with Crippen molar-refractivity contribution in [1.82, 2.24) is 10.2 Å². The molecule has 0 atom stereocenters. The van der Waals surface area contributed by atoms with E-state index >= 15 is 0 Å². The summed E-state index contributed by atoms with van der Waals surface area (Å²) >= 11 is 0.550. The highest BCUT2D eigenvalue weighted by Crippen LogP contribution is 2.36. The number of carbonyl (C=O) groups is 1.